The van der Waals surface area contributed by atoms with Crippen LogP contribution in [0.5, 0.6) is 6.01 Å². The van der Waals surface area contributed by atoms with E-state index in [4.69, 9.17) is 16.3 Å². The molecule has 2 aromatic rings. The maximum absolute atomic E-state index is 12.5. The molecule has 0 spiro atoms. The molecule has 0 aromatic carbocycles. The van der Waals surface area contributed by atoms with Crippen LogP contribution in [0.3, 0.4) is 0 Å². The van der Waals surface area contributed by atoms with E-state index in [0.717, 1.165) is 29.8 Å². The minimum atomic E-state index is -0.0834. The number of hydrogen-bond acceptors (Lipinski definition) is 5. The van der Waals surface area contributed by atoms with E-state index in [1.165, 1.54) is 23.7 Å². The highest BCUT2D eigenvalue weighted by Crippen LogP contribution is 2.21. The summed E-state index contributed by atoms with van der Waals surface area (Å²) in [7, 11) is 0. The smallest absolute Gasteiger partial charge is 0.316 e. The van der Waals surface area contributed by atoms with Crippen molar-refractivity contribution in [3.8, 4) is 6.01 Å². The minimum absolute atomic E-state index is 0.0726. The molecule has 0 aliphatic carbocycles. The fourth-order valence-corrected chi connectivity index (χ4v) is 3.39. The van der Waals surface area contributed by atoms with E-state index in [1.54, 1.807) is 0 Å². The average molecular weight is 338 g/mol. The van der Waals surface area contributed by atoms with Gasteiger partial charge < -0.3 is 9.64 Å². The van der Waals surface area contributed by atoms with Crippen molar-refractivity contribution in [1.82, 2.24) is 14.9 Å². The number of thiophene rings is 1. The molecule has 2 aromatic heterocycles. The standard InChI is InChI=1S/C15H16ClN3O2S/c1-10-5-13(22-9-10)14(20)19-4-2-3-12(8-19)21-15-17-6-11(16)7-18-15/h5-7,9,12H,2-4,8H2,1H3. The second-order valence-corrected chi connectivity index (χ2v) is 6.65. The van der Waals surface area contributed by atoms with Crippen LogP contribution in [0.1, 0.15) is 28.1 Å². The summed E-state index contributed by atoms with van der Waals surface area (Å²) in [6.45, 7) is 3.31. The third kappa shape index (κ3) is 3.56. The van der Waals surface area contributed by atoms with Crippen molar-refractivity contribution in [2.24, 2.45) is 0 Å². The number of rotatable bonds is 3. The number of aromatic nitrogens is 2. The molecule has 1 saturated heterocycles. The highest BCUT2D eigenvalue weighted by atomic mass is 35.5. The van der Waals surface area contributed by atoms with Crippen LogP contribution < -0.4 is 4.74 Å². The first kappa shape index (κ1) is 15.2. The fraction of sp³-hybridized carbons (Fsp3) is 0.400. The predicted molar refractivity (Wildman–Crippen MR) is 85.7 cm³/mol. The van der Waals surface area contributed by atoms with E-state index < -0.39 is 0 Å². The number of nitrogens with zero attached hydrogens (tertiary/aromatic N) is 3. The predicted octanol–water partition coefficient (Wildman–Crippen LogP) is 3.18. The molecule has 0 radical (unpaired) electrons. The molecule has 1 aliphatic heterocycles. The molecule has 0 N–H and O–H groups in total. The monoisotopic (exact) mass is 337 g/mol. The van der Waals surface area contributed by atoms with Crippen molar-refractivity contribution in [1.29, 1.82) is 0 Å². The van der Waals surface area contributed by atoms with Gasteiger partial charge in [-0.15, -0.1) is 11.3 Å². The lowest BCUT2D eigenvalue weighted by atomic mass is 10.1. The van der Waals surface area contributed by atoms with Gasteiger partial charge in [0.05, 0.1) is 28.8 Å². The van der Waals surface area contributed by atoms with Crippen molar-refractivity contribution >= 4 is 28.8 Å². The van der Waals surface area contributed by atoms with Gasteiger partial charge in [0.1, 0.15) is 6.10 Å². The van der Waals surface area contributed by atoms with Gasteiger partial charge in [0, 0.05) is 6.54 Å². The van der Waals surface area contributed by atoms with Gasteiger partial charge in [-0.1, -0.05) is 11.6 Å². The van der Waals surface area contributed by atoms with Gasteiger partial charge in [0.2, 0.25) is 0 Å². The molecule has 116 valence electrons. The Kier molecular flexibility index (Phi) is 4.59. The molecule has 5 nitrogen and oxygen atoms in total. The summed E-state index contributed by atoms with van der Waals surface area (Å²) in [5.41, 5.74) is 1.12. The molecule has 1 unspecified atom stereocenters. The number of piperidine rings is 1. The summed E-state index contributed by atoms with van der Waals surface area (Å²) >= 11 is 7.24. The van der Waals surface area contributed by atoms with E-state index in [-0.39, 0.29) is 12.0 Å². The van der Waals surface area contributed by atoms with Gasteiger partial charge in [-0.05, 0) is 36.8 Å². The summed E-state index contributed by atoms with van der Waals surface area (Å²) in [6.07, 6.45) is 4.72. The highest BCUT2D eigenvalue weighted by Gasteiger charge is 2.26. The first-order valence-corrected chi connectivity index (χ1v) is 8.36. The molecule has 1 aliphatic rings. The van der Waals surface area contributed by atoms with Crippen LogP contribution in [0.4, 0.5) is 0 Å². The Hall–Kier alpha value is -1.66. The van der Waals surface area contributed by atoms with Crippen molar-refractivity contribution in [2.45, 2.75) is 25.9 Å². The lowest BCUT2D eigenvalue weighted by Crippen LogP contribution is -2.44. The van der Waals surface area contributed by atoms with Gasteiger partial charge >= 0.3 is 6.01 Å². The maximum atomic E-state index is 12.5. The topological polar surface area (TPSA) is 55.3 Å². The number of ether oxygens (including phenoxy) is 1. The third-order valence-corrected chi connectivity index (χ3v) is 4.71. The number of aryl methyl sites for hydroxylation is 1. The fourth-order valence-electron chi connectivity index (χ4n) is 2.43. The molecule has 3 heterocycles. The van der Waals surface area contributed by atoms with Crippen LogP contribution in [0.2, 0.25) is 5.02 Å². The Morgan fingerprint density at radius 1 is 1.45 bits per heavy atom. The molecular weight excluding hydrogens is 322 g/mol. The van der Waals surface area contributed by atoms with Crippen molar-refractivity contribution in [2.75, 3.05) is 13.1 Å². The van der Waals surface area contributed by atoms with Gasteiger partial charge in [-0.3, -0.25) is 4.79 Å². The summed E-state index contributed by atoms with van der Waals surface area (Å²) in [4.78, 5) is 23.2. The molecule has 1 fully saturated rings. The Balaban J connectivity index is 1.63. The minimum Gasteiger partial charge on any atom is -0.458 e. The van der Waals surface area contributed by atoms with Crippen LogP contribution in [-0.4, -0.2) is 40.0 Å². The normalized spacial score (nSPS) is 18.3. The van der Waals surface area contributed by atoms with Gasteiger partial charge in [0.25, 0.3) is 5.91 Å². The molecule has 7 heteroatoms. The zero-order valence-electron chi connectivity index (χ0n) is 12.2. The zero-order chi connectivity index (χ0) is 15.5. The zero-order valence-corrected chi connectivity index (χ0v) is 13.7. The van der Waals surface area contributed by atoms with Crippen LogP contribution >= 0.6 is 22.9 Å². The van der Waals surface area contributed by atoms with Gasteiger partial charge in [-0.2, -0.15) is 0 Å². The number of carbonyl (C=O) groups excluding carboxylic acids is 1. The highest BCUT2D eigenvalue weighted by molar-refractivity contribution is 7.12. The Labute approximate surface area is 137 Å². The molecule has 22 heavy (non-hydrogen) atoms. The lowest BCUT2D eigenvalue weighted by Gasteiger charge is -2.32. The number of amides is 1. The largest absolute Gasteiger partial charge is 0.458 e. The van der Waals surface area contributed by atoms with E-state index in [2.05, 4.69) is 9.97 Å². The molecular formula is C15H16ClN3O2S. The number of carbonyl (C=O) groups is 1. The van der Waals surface area contributed by atoms with Gasteiger partial charge in [-0.25, -0.2) is 9.97 Å². The van der Waals surface area contributed by atoms with E-state index >= 15 is 0 Å². The van der Waals surface area contributed by atoms with E-state index in [9.17, 15) is 4.79 Å². The van der Waals surface area contributed by atoms with Crippen molar-refractivity contribution < 1.29 is 9.53 Å². The second-order valence-electron chi connectivity index (χ2n) is 5.31. The van der Waals surface area contributed by atoms with Crippen molar-refractivity contribution in [3.63, 3.8) is 0 Å². The van der Waals surface area contributed by atoms with Crippen LogP contribution in [0.15, 0.2) is 23.8 Å². The number of halogens is 1. The Bertz CT molecular complexity index is 659. The van der Waals surface area contributed by atoms with Crippen LogP contribution in [0, 0.1) is 6.92 Å². The van der Waals surface area contributed by atoms with E-state index in [0.29, 0.717) is 17.6 Å². The maximum Gasteiger partial charge on any atom is 0.316 e. The SMILES string of the molecule is Cc1csc(C(=O)N2CCCC(Oc3ncc(Cl)cn3)C2)c1. The molecule has 1 atom stereocenters. The van der Waals surface area contributed by atoms with E-state index in [1.807, 2.05) is 23.3 Å². The summed E-state index contributed by atoms with van der Waals surface area (Å²) < 4.78 is 5.76. The summed E-state index contributed by atoms with van der Waals surface area (Å²) in [6, 6.07) is 2.23. The second kappa shape index (κ2) is 6.62. The first-order chi connectivity index (χ1) is 10.6. The Morgan fingerprint density at radius 3 is 2.91 bits per heavy atom. The van der Waals surface area contributed by atoms with Crippen LogP contribution in [-0.2, 0) is 0 Å². The quantitative estimate of drug-likeness (QED) is 0.863. The number of hydrogen-bond donors (Lipinski definition) is 0. The van der Waals surface area contributed by atoms with Crippen molar-refractivity contribution in [3.05, 3.63) is 39.3 Å². The molecule has 0 saturated carbocycles. The average Bonchev–Trinajstić information content (AvgIpc) is 2.96. The molecule has 1 amide bonds. The number of likely N-dealkylation sites (tertiary alicyclic amines) is 1. The molecule has 3 rings (SSSR count). The third-order valence-electron chi connectivity index (χ3n) is 3.48. The summed E-state index contributed by atoms with van der Waals surface area (Å²) in [5, 5.41) is 2.47. The first-order valence-electron chi connectivity index (χ1n) is 7.10. The lowest BCUT2D eigenvalue weighted by molar-refractivity contribution is 0.0520. The summed E-state index contributed by atoms with van der Waals surface area (Å²) in [5.74, 6) is 0.0726. The van der Waals surface area contributed by atoms with Crippen LogP contribution in [0.25, 0.3) is 0 Å². The Morgan fingerprint density at radius 2 is 2.23 bits per heavy atom. The molecule has 0 bridgehead atoms. The van der Waals surface area contributed by atoms with Gasteiger partial charge in [0.15, 0.2) is 0 Å².